The summed E-state index contributed by atoms with van der Waals surface area (Å²) in [4.78, 5) is 23.7. The van der Waals surface area contributed by atoms with Crippen LogP contribution in [0.15, 0.2) is 11.6 Å². The number of ether oxygens (including phenoxy) is 1. The smallest absolute Gasteiger partial charge is 0.302 e. The molecule has 8 atom stereocenters. The molecule has 0 radical (unpaired) electrons. The van der Waals surface area contributed by atoms with Crippen LogP contribution in [0.2, 0.25) is 0 Å². The van der Waals surface area contributed by atoms with Crippen molar-refractivity contribution in [3.63, 3.8) is 0 Å². The average Bonchev–Trinajstić information content (AvgIpc) is 2.83. The summed E-state index contributed by atoms with van der Waals surface area (Å²) in [5, 5.41) is 11.4. The van der Waals surface area contributed by atoms with Crippen molar-refractivity contribution in [2.24, 2.45) is 28.6 Å². The Morgan fingerprint density at radius 3 is 2.54 bits per heavy atom. The number of fused-ring (bicyclic) bond motifs is 5. The van der Waals surface area contributed by atoms with Crippen LogP contribution in [0.5, 0.6) is 0 Å². The molecule has 0 heterocycles. The lowest BCUT2D eigenvalue weighted by Crippen LogP contribution is -2.58. The summed E-state index contributed by atoms with van der Waals surface area (Å²) >= 11 is 3.68. The molecule has 4 nitrogen and oxygen atoms in total. The van der Waals surface area contributed by atoms with E-state index in [9.17, 15) is 14.7 Å². The average molecular weight is 453 g/mol. The van der Waals surface area contributed by atoms with Gasteiger partial charge in [0, 0.05) is 18.8 Å². The Kier molecular flexibility index (Phi) is 4.90. The van der Waals surface area contributed by atoms with E-state index in [1.165, 1.54) is 12.5 Å². The molecule has 3 saturated carbocycles. The van der Waals surface area contributed by atoms with Gasteiger partial charge in [-0.2, -0.15) is 0 Å². The maximum absolute atomic E-state index is 12.5. The third kappa shape index (κ3) is 2.64. The minimum absolute atomic E-state index is 0.0171. The van der Waals surface area contributed by atoms with Gasteiger partial charge in [-0.05, 0) is 68.6 Å². The van der Waals surface area contributed by atoms with Crippen LogP contribution in [-0.4, -0.2) is 33.4 Å². The van der Waals surface area contributed by atoms with Gasteiger partial charge in [-0.1, -0.05) is 41.4 Å². The number of aliphatic hydroxyl groups is 1. The Morgan fingerprint density at radius 2 is 1.89 bits per heavy atom. The zero-order valence-corrected chi connectivity index (χ0v) is 19.0. The molecule has 0 aromatic carbocycles. The van der Waals surface area contributed by atoms with Gasteiger partial charge >= 0.3 is 5.97 Å². The Labute approximate surface area is 176 Å². The highest BCUT2D eigenvalue weighted by molar-refractivity contribution is 9.09. The topological polar surface area (TPSA) is 63.6 Å². The van der Waals surface area contributed by atoms with Gasteiger partial charge in [0.25, 0.3) is 0 Å². The van der Waals surface area contributed by atoms with E-state index in [4.69, 9.17) is 4.74 Å². The summed E-state index contributed by atoms with van der Waals surface area (Å²) in [6, 6.07) is 0. The number of carbonyl (C=O) groups is 2. The minimum atomic E-state index is -1.26. The number of allylic oxidation sites excluding steroid dienone is 1. The fraction of sp³-hybridized carbons (Fsp3) is 0.826. The third-order valence-electron chi connectivity index (χ3n) is 9.10. The van der Waals surface area contributed by atoms with Crippen molar-refractivity contribution in [1.82, 2.24) is 0 Å². The minimum Gasteiger partial charge on any atom is -0.462 e. The summed E-state index contributed by atoms with van der Waals surface area (Å²) in [5.41, 5.74) is -0.00426. The molecule has 28 heavy (non-hydrogen) atoms. The van der Waals surface area contributed by atoms with E-state index in [1.54, 1.807) is 6.92 Å². The number of hydrogen-bond acceptors (Lipinski definition) is 4. The van der Waals surface area contributed by atoms with Gasteiger partial charge in [-0.25, -0.2) is 0 Å². The van der Waals surface area contributed by atoms with Gasteiger partial charge in [-0.15, -0.1) is 0 Å². The molecule has 4 aliphatic carbocycles. The van der Waals surface area contributed by atoms with Crippen molar-refractivity contribution in [3.05, 3.63) is 11.6 Å². The molecule has 1 N–H and O–H groups in total. The highest BCUT2D eigenvalue weighted by atomic mass is 79.9. The van der Waals surface area contributed by atoms with Crippen LogP contribution < -0.4 is 0 Å². The first kappa shape index (κ1) is 20.6. The first-order chi connectivity index (χ1) is 13.0. The van der Waals surface area contributed by atoms with Crippen LogP contribution in [0, 0.1) is 28.6 Å². The molecule has 156 valence electrons. The maximum Gasteiger partial charge on any atom is 0.302 e. The van der Waals surface area contributed by atoms with Crippen LogP contribution in [0.3, 0.4) is 0 Å². The maximum atomic E-state index is 12.5. The van der Waals surface area contributed by atoms with Crippen molar-refractivity contribution in [2.75, 3.05) is 0 Å². The van der Waals surface area contributed by atoms with E-state index in [0.29, 0.717) is 17.8 Å². The van der Waals surface area contributed by atoms with Crippen molar-refractivity contribution in [2.45, 2.75) is 89.2 Å². The second-order valence-corrected chi connectivity index (χ2v) is 11.3. The van der Waals surface area contributed by atoms with Crippen LogP contribution in [0.1, 0.15) is 72.6 Å². The zero-order chi connectivity index (χ0) is 20.5. The number of carbonyl (C=O) groups excluding carboxylic acids is 2. The second-order valence-electron chi connectivity index (χ2n) is 10.2. The quantitative estimate of drug-likeness (QED) is 0.378. The van der Waals surface area contributed by atoms with Gasteiger partial charge in [0.1, 0.15) is 11.7 Å². The first-order valence-electron chi connectivity index (χ1n) is 10.8. The Morgan fingerprint density at radius 1 is 1.18 bits per heavy atom. The van der Waals surface area contributed by atoms with Crippen molar-refractivity contribution >= 4 is 27.7 Å². The Bertz CT molecular complexity index is 732. The van der Waals surface area contributed by atoms with Gasteiger partial charge in [0.05, 0.1) is 4.83 Å². The van der Waals surface area contributed by atoms with Crippen molar-refractivity contribution in [3.8, 4) is 0 Å². The van der Waals surface area contributed by atoms with E-state index < -0.39 is 5.60 Å². The van der Waals surface area contributed by atoms with E-state index in [-0.39, 0.29) is 33.5 Å². The molecule has 4 aliphatic rings. The molecule has 0 aromatic rings. The lowest BCUT2D eigenvalue weighted by atomic mass is 9.47. The Hall–Kier alpha value is -0.680. The predicted molar refractivity (Wildman–Crippen MR) is 111 cm³/mol. The van der Waals surface area contributed by atoms with E-state index in [0.717, 1.165) is 44.9 Å². The van der Waals surface area contributed by atoms with Crippen LogP contribution in [0.4, 0.5) is 0 Å². The number of rotatable bonds is 2. The van der Waals surface area contributed by atoms with Crippen LogP contribution in [0.25, 0.3) is 0 Å². The summed E-state index contributed by atoms with van der Waals surface area (Å²) < 4.78 is 5.52. The van der Waals surface area contributed by atoms with Crippen LogP contribution >= 0.6 is 15.9 Å². The van der Waals surface area contributed by atoms with Crippen molar-refractivity contribution < 1.29 is 19.4 Å². The number of alkyl halides is 1. The van der Waals surface area contributed by atoms with Gasteiger partial charge in [-0.3, -0.25) is 9.59 Å². The lowest BCUT2D eigenvalue weighted by Gasteiger charge is -2.58. The second kappa shape index (κ2) is 6.66. The summed E-state index contributed by atoms with van der Waals surface area (Å²) in [6.07, 6.45) is 9.08. The standard InChI is InChI=1S/C23H33BrO4/c1-13(25)23(27)20(24)12-19-17-6-5-15-11-16(28-14(2)26)7-9-21(15,3)18(17)8-10-22(19,23)4/h5,16-20,27H,6-12H2,1-4H3/t16-,17+,18-,19-,20-,21-,22-,23-/m0/s1. The summed E-state index contributed by atoms with van der Waals surface area (Å²) in [6.45, 7) is 7.59. The molecular formula is C23H33BrO4. The summed E-state index contributed by atoms with van der Waals surface area (Å²) in [5.74, 6) is 1.15. The number of hydrogen-bond donors (Lipinski definition) is 1. The lowest BCUT2D eigenvalue weighted by molar-refractivity contribution is -0.159. The number of ketones is 1. The molecule has 0 aromatic heterocycles. The molecule has 0 aliphatic heterocycles. The SMILES string of the molecule is CC(=O)O[C@H]1CC[C@@]2(C)C(=CC[C@@H]3[C@@H]2CC[C@@]2(C)[C@H]3C[C@H](Br)[C@@]2(O)C(C)=O)C1. The molecule has 5 heteroatoms. The van der Waals surface area contributed by atoms with E-state index in [1.807, 2.05) is 0 Å². The molecular weight excluding hydrogens is 420 g/mol. The summed E-state index contributed by atoms with van der Waals surface area (Å²) in [7, 11) is 0. The highest BCUT2D eigenvalue weighted by Gasteiger charge is 2.68. The van der Waals surface area contributed by atoms with Crippen LogP contribution in [-0.2, 0) is 14.3 Å². The predicted octanol–water partition coefficient (Wildman–Crippen LogP) is 4.57. The largest absolute Gasteiger partial charge is 0.462 e. The third-order valence-corrected chi connectivity index (χ3v) is 10.1. The number of halogens is 1. The first-order valence-corrected chi connectivity index (χ1v) is 11.7. The molecule has 0 unspecified atom stereocenters. The molecule has 0 amide bonds. The normalized spacial score (nSPS) is 50.1. The molecule has 3 fully saturated rings. The molecule has 0 spiro atoms. The number of Topliss-reactive ketones (excluding diaryl/α,β-unsaturated/α-hetero) is 1. The molecule has 4 rings (SSSR count). The highest BCUT2D eigenvalue weighted by Crippen LogP contribution is 2.68. The van der Waals surface area contributed by atoms with Crippen molar-refractivity contribution in [1.29, 1.82) is 0 Å². The fourth-order valence-corrected chi connectivity index (χ4v) is 8.81. The van der Waals surface area contributed by atoms with E-state index in [2.05, 4.69) is 35.9 Å². The fourth-order valence-electron chi connectivity index (χ4n) is 7.56. The Balaban J connectivity index is 1.64. The van der Waals surface area contributed by atoms with Gasteiger partial charge < -0.3 is 9.84 Å². The monoisotopic (exact) mass is 452 g/mol. The van der Waals surface area contributed by atoms with Gasteiger partial charge in [0.2, 0.25) is 0 Å². The molecule has 0 bridgehead atoms. The molecule has 0 saturated heterocycles. The zero-order valence-electron chi connectivity index (χ0n) is 17.5. The van der Waals surface area contributed by atoms with E-state index >= 15 is 0 Å². The van der Waals surface area contributed by atoms with Gasteiger partial charge in [0.15, 0.2) is 5.78 Å². The number of esters is 1.